The maximum Gasteiger partial charge on any atom is 0.410 e. The number of nitrogens with zero attached hydrogens (tertiary/aromatic N) is 1. The predicted octanol–water partition coefficient (Wildman–Crippen LogP) is 2.21. The van der Waals surface area contributed by atoms with Crippen LogP contribution in [0.25, 0.3) is 0 Å². The van der Waals surface area contributed by atoms with Crippen LogP contribution in [0.15, 0.2) is 0 Å². The van der Waals surface area contributed by atoms with E-state index in [9.17, 15) is 9.59 Å². The summed E-state index contributed by atoms with van der Waals surface area (Å²) in [5.74, 6) is -0.247. The highest BCUT2D eigenvalue weighted by Gasteiger charge is 2.34. The summed E-state index contributed by atoms with van der Waals surface area (Å²) in [6.45, 7) is 8.79. The van der Waals surface area contributed by atoms with Crippen LogP contribution < -0.4 is 0 Å². The predicted molar refractivity (Wildman–Crippen MR) is 78.0 cm³/mol. The van der Waals surface area contributed by atoms with Gasteiger partial charge in [0.05, 0.1) is 6.61 Å². The molecular weight excluding hydrogens is 274 g/mol. The van der Waals surface area contributed by atoms with E-state index >= 15 is 0 Å². The van der Waals surface area contributed by atoms with Gasteiger partial charge < -0.3 is 19.1 Å². The average Bonchev–Trinajstić information content (AvgIpc) is 2.38. The van der Waals surface area contributed by atoms with Crippen LogP contribution >= 0.6 is 0 Å². The lowest BCUT2D eigenvalue weighted by molar-refractivity contribution is -0.159. The molecule has 6 nitrogen and oxygen atoms in total. The van der Waals surface area contributed by atoms with Gasteiger partial charge in [-0.15, -0.1) is 0 Å². The van der Waals surface area contributed by atoms with Crippen LogP contribution in [0.5, 0.6) is 0 Å². The van der Waals surface area contributed by atoms with Crippen molar-refractivity contribution < 1.29 is 23.8 Å². The molecule has 1 rings (SSSR count). The molecule has 0 radical (unpaired) electrons. The summed E-state index contributed by atoms with van der Waals surface area (Å²) < 4.78 is 15.6. The lowest BCUT2D eigenvalue weighted by atomic mass is 9.91. The molecule has 1 saturated heterocycles. The molecule has 1 fully saturated rings. The quantitative estimate of drug-likeness (QED) is 0.745. The third kappa shape index (κ3) is 5.53. The summed E-state index contributed by atoms with van der Waals surface area (Å²) >= 11 is 0. The van der Waals surface area contributed by atoms with Crippen molar-refractivity contribution in [2.45, 2.75) is 52.2 Å². The smallest absolute Gasteiger partial charge is 0.410 e. The molecular formula is C15H27NO5. The van der Waals surface area contributed by atoms with Crippen molar-refractivity contribution in [3.63, 3.8) is 0 Å². The van der Waals surface area contributed by atoms with E-state index < -0.39 is 11.7 Å². The number of amides is 1. The molecule has 1 aliphatic rings. The molecule has 0 spiro atoms. The fraction of sp³-hybridized carbons (Fsp3) is 0.867. The van der Waals surface area contributed by atoms with E-state index in [1.807, 2.05) is 20.8 Å². The third-order valence-corrected chi connectivity index (χ3v) is 3.39. The monoisotopic (exact) mass is 301 g/mol. The maximum absolute atomic E-state index is 12.0. The number of carbonyl (C=O) groups excluding carboxylic acids is 2. The average molecular weight is 301 g/mol. The molecule has 122 valence electrons. The molecule has 0 aromatic carbocycles. The summed E-state index contributed by atoms with van der Waals surface area (Å²) in [7, 11) is 1.52. The Morgan fingerprint density at radius 1 is 1.24 bits per heavy atom. The van der Waals surface area contributed by atoms with Crippen LogP contribution in [0.3, 0.4) is 0 Å². The molecule has 0 aromatic heterocycles. The van der Waals surface area contributed by atoms with E-state index in [4.69, 9.17) is 14.2 Å². The maximum atomic E-state index is 12.0. The Labute approximate surface area is 126 Å². The molecule has 0 N–H and O–H groups in total. The van der Waals surface area contributed by atoms with E-state index in [0.717, 1.165) is 0 Å². The molecule has 0 aromatic rings. The molecule has 1 amide bonds. The zero-order chi connectivity index (χ0) is 16.0. The second kappa shape index (κ2) is 7.64. The van der Waals surface area contributed by atoms with Gasteiger partial charge >= 0.3 is 12.1 Å². The number of esters is 1. The standard InChI is InChI=1S/C15H27NO5/c1-6-20-13(17)12(19-5)11-7-9-16(10-8-11)14(18)21-15(2,3)4/h11-12H,6-10H2,1-5H3. The second-order valence-electron chi connectivity index (χ2n) is 6.21. The topological polar surface area (TPSA) is 65.1 Å². The van der Waals surface area contributed by atoms with Gasteiger partial charge in [0.2, 0.25) is 0 Å². The molecule has 21 heavy (non-hydrogen) atoms. The van der Waals surface area contributed by atoms with Crippen LogP contribution in [0.4, 0.5) is 4.79 Å². The molecule has 1 unspecified atom stereocenters. The molecule has 6 heteroatoms. The van der Waals surface area contributed by atoms with Gasteiger partial charge in [-0.2, -0.15) is 0 Å². The molecule has 0 aliphatic carbocycles. The largest absolute Gasteiger partial charge is 0.464 e. The summed E-state index contributed by atoms with van der Waals surface area (Å²) in [6, 6.07) is 0. The first-order chi connectivity index (χ1) is 9.78. The van der Waals surface area contributed by atoms with Crippen molar-refractivity contribution in [1.29, 1.82) is 0 Å². The Hall–Kier alpha value is -1.30. The first-order valence-corrected chi connectivity index (χ1v) is 7.45. The van der Waals surface area contributed by atoms with Crippen molar-refractivity contribution in [3.8, 4) is 0 Å². The number of rotatable bonds is 4. The fourth-order valence-corrected chi connectivity index (χ4v) is 2.42. The van der Waals surface area contributed by atoms with E-state index in [-0.39, 0.29) is 18.0 Å². The fourth-order valence-electron chi connectivity index (χ4n) is 2.42. The minimum Gasteiger partial charge on any atom is -0.464 e. The zero-order valence-electron chi connectivity index (χ0n) is 13.7. The van der Waals surface area contributed by atoms with Gasteiger partial charge in [0, 0.05) is 20.2 Å². The van der Waals surface area contributed by atoms with Crippen LogP contribution in [0, 0.1) is 5.92 Å². The normalized spacial score (nSPS) is 18.2. The van der Waals surface area contributed by atoms with Crippen LogP contribution in [0.1, 0.15) is 40.5 Å². The summed E-state index contributed by atoms with van der Waals surface area (Å²) in [6.07, 6.45) is 0.560. The van der Waals surface area contributed by atoms with Gasteiger partial charge in [-0.1, -0.05) is 0 Å². The molecule has 1 aliphatic heterocycles. The van der Waals surface area contributed by atoms with E-state index in [2.05, 4.69) is 0 Å². The van der Waals surface area contributed by atoms with Gasteiger partial charge in [-0.05, 0) is 46.5 Å². The lowest BCUT2D eigenvalue weighted by Gasteiger charge is -2.35. The highest BCUT2D eigenvalue weighted by molar-refractivity contribution is 5.75. The summed E-state index contributed by atoms with van der Waals surface area (Å²) in [5, 5.41) is 0. The molecule has 1 heterocycles. The van der Waals surface area contributed by atoms with Gasteiger partial charge in [-0.25, -0.2) is 9.59 Å². The highest BCUT2D eigenvalue weighted by atomic mass is 16.6. The lowest BCUT2D eigenvalue weighted by Crippen LogP contribution is -2.45. The van der Waals surface area contributed by atoms with Crippen LogP contribution in [0.2, 0.25) is 0 Å². The summed E-state index contributed by atoms with van der Waals surface area (Å²) in [4.78, 5) is 25.5. The second-order valence-corrected chi connectivity index (χ2v) is 6.21. The number of methoxy groups -OCH3 is 1. The number of hydrogen-bond donors (Lipinski definition) is 0. The van der Waals surface area contributed by atoms with E-state index in [1.54, 1.807) is 11.8 Å². The number of likely N-dealkylation sites (tertiary alicyclic amines) is 1. The Bertz CT molecular complexity index is 356. The first-order valence-electron chi connectivity index (χ1n) is 7.45. The van der Waals surface area contributed by atoms with Crippen molar-refractivity contribution in [2.24, 2.45) is 5.92 Å². The summed E-state index contributed by atoms with van der Waals surface area (Å²) in [5.41, 5.74) is -0.492. The van der Waals surface area contributed by atoms with E-state index in [0.29, 0.717) is 32.5 Å². The van der Waals surface area contributed by atoms with Gasteiger partial charge in [0.15, 0.2) is 6.10 Å². The SMILES string of the molecule is CCOC(=O)C(OC)C1CCN(C(=O)OC(C)(C)C)CC1. The van der Waals surface area contributed by atoms with Crippen LogP contribution in [-0.4, -0.2) is 55.5 Å². The zero-order valence-corrected chi connectivity index (χ0v) is 13.7. The van der Waals surface area contributed by atoms with Gasteiger partial charge in [0.1, 0.15) is 5.60 Å². The minimum atomic E-state index is -0.550. The van der Waals surface area contributed by atoms with Gasteiger partial charge in [0.25, 0.3) is 0 Å². The Kier molecular flexibility index (Phi) is 6.45. The molecule has 0 saturated carbocycles. The third-order valence-electron chi connectivity index (χ3n) is 3.39. The number of carbonyl (C=O) groups is 2. The first kappa shape index (κ1) is 17.8. The molecule has 1 atom stereocenters. The Balaban J connectivity index is 2.51. The van der Waals surface area contributed by atoms with Gasteiger partial charge in [-0.3, -0.25) is 0 Å². The molecule has 0 bridgehead atoms. The van der Waals surface area contributed by atoms with Crippen molar-refractivity contribution in [1.82, 2.24) is 4.90 Å². The Morgan fingerprint density at radius 2 is 1.81 bits per heavy atom. The highest BCUT2D eigenvalue weighted by Crippen LogP contribution is 2.24. The minimum absolute atomic E-state index is 0.0766. The number of ether oxygens (including phenoxy) is 3. The van der Waals surface area contributed by atoms with E-state index in [1.165, 1.54) is 7.11 Å². The Morgan fingerprint density at radius 3 is 2.24 bits per heavy atom. The van der Waals surface area contributed by atoms with Crippen LogP contribution in [-0.2, 0) is 19.0 Å². The van der Waals surface area contributed by atoms with Crippen molar-refractivity contribution in [3.05, 3.63) is 0 Å². The van der Waals surface area contributed by atoms with Crippen molar-refractivity contribution in [2.75, 3.05) is 26.8 Å². The number of hydrogen-bond acceptors (Lipinski definition) is 5. The van der Waals surface area contributed by atoms with Crippen molar-refractivity contribution >= 4 is 12.1 Å². The number of piperidine rings is 1.